The molecule has 0 aliphatic heterocycles. The van der Waals surface area contributed by atoms with Gasteiger partial charge >= 0.3 is 6.09 Å². The molecule has 7 nitrogen and oxygen atoms in total. The van der Waals surface area contributed by atoms with E-state index in [4.69, 9.17) is 4.74 Å². The Labute approximate surface area is 117 Å². The molecule has 0 aromatic carbocycles. The second-order valence-electron chi connectivity index (χ2n) is 6.07. The van der Waals surface area contributed by atoms with Gasteiger partial charge in [0.25, 0.3) is 0 Å². The molecular weight excluding hydrogens is 260 g/mol. The molecule has 1 aromatic heterocycles. The van der Waals surface area contributed by atoms with Crippen molar-refractivity contribution < 1.29 is 14.3 Å². The number of nitrogens with zero attached hydrogens (tertiary/aromatic N) is 3. The lowest BCUT2D eigenvalue weighted by Crippen LogP contribution is -2.35. The predicted molar refractivity (Wildman–Crippen MR) is 70.9 cm³/mol. The van der Waals surface area contributed by atoms with E-state index in [0.29, 0.717) is 17.9 Å². The van der Waals surface area contributed by atoms with Crippen LogP contribution in [0.5, 0.6) is 0 Å². The van der Waals surface area contributed by atoms with Gasteiger partial charge < -0.3 is 14.8 Å². The maximum absolute atomic E-state index is 11.6. The molecule has 7 heteroatoms. The topological polar surface area (TPSA) is 86.1 Å². The molecule has 0 saturated heterocycles. The van der Waals surface area contributed by atoms with E-state index in [9.17, 15) is 9.59 Å². The molecule has 1 unspecified atom stereocenters. The van der Waals surface area contributed by atoms with Gasteiger partial charge in [0.15, 0.2) is 0 Å². The van der Waals surface area contributed by atoms with Crippen LogP contribution in [-0.2, 0) is 16.1 Å². The van der Waals surface area contributed by atoms with E-state index in [0.717, 1.165) is 6.54 Å². The fourth-order valence-electron chi connectivity index (χ4n) is 1.72. The van der Waals surface area contributed by atoms with Crippen LogP contribution in [0.4, 0.5) is 4.79 Å². The SMILES string of the molecule is CC(C)(C)OC(=O)NC(C=O)c1cn(CC2CC2)nn1. The van der Waals surface area contributed by atoms with Gasteiger partial charge in [-0.2, -0.15) is 0 Å². The Morgan fingerprint density at radius 3 is 2.85 bits per heavy atom. The molecule has 1 heterocycles. The van der Waals surface area contributed by atoms with E-state index in [1.54, 1.807) is 31.6 Å². The first-order chi connectivity index (χ1) is 9.37. The van der Waals surface area contributed by atoms with Crippen LogP contribution < -0.4 is 5.32 Å². The van der Waals surface area contributed by atoms with Crippen LogP contribution in [0, 0.1) is 5.92 Å². The largest absolute Gasteiger partial charge is 0.444 e. The standard InChI is InChI=1S/C13H20N4O3/c1-13(2,3)20-12(19)14-11(8-18)10-7-17(16-15-10)6-9-4-5-9/h7-9,11H,4-6H2,1-3H3,(H,14,19). The summed E-state index contributed by atoms with van der Waals surface area (Å²) in [5.41, 5.74) is -0.187. The maximum atomic E-state index is 11.6. The van der Waals surface area contributed by atoms with Gasteiger partial charge in [-0.1, -0.05) is 5.21 Å². The van der Waals surface area contributed by atoms with Crippen LogP contribution >= 0.6 is 0 Å². The summed E-state index contributed by atoms with van der Waals surface area (Å²) in [5, 5.41) is 10.4. The number of hydrogen-bond donors (Lipinski definition) is 1. The number of amides is 1. The van der Waals surface area contributed by atoms with Crippen LogP contribution in [0.15, 0.2) is 6.20 Å². The number of rotatable bonds is 5. The molecule has 1 atom stereocenters. The minimum Gasteiger partial charge on any atom is -0.444 e. The zero-order chi connectivity index (χ0) is 14.8. The molecule has 1 saturated carbocycles. The van der Waals surface area contributed by atoms with Crippen molar-refractivity contribution in [2.24, 2.45) is 5.92 Å². The van der Waals surface area contributed by atoms with Crippen LogP contribution in [0.3, 0.4) is 0 Å². The summed E-state index contributed by atoms with van der Waals surface area (Å²) in [6.45, 7) is 6.09. The highest BCUT2D eigenvalue weighted by Crippen LogP contribution is 2.30. The lowest BCUT2D eigenvalue weighted by molar-refractivity contribution is -0.109. The van der Waals surface area contributed by atoms with Gasteiger partial charge in [-0.3, -0.25) is 4.68 Å². The Kier molecular flexibility index (Phi) is 4.06. The zero-order valence-corrected chi connectivity index (χ0v) is 12.0. The molecule has 20 heavy (non-hydrogen) atoms. The molecule has 1 fully saturated rings. The lowest BCUT2D eigenvalue weighted by Gasteiger charge is -2.20. The Balaban J connectivity index is 1.94. The summed E-state index contributed by atoms with van der Waals surface area (Å²) in [5.74, 6) is 0.665. The number of ether oxygens (including phenoxy) is 1. The van der Waals surface area contributed by atoms with Gasteiger partial charge in [-0.25, -0.2) is 4.79 Å². The Morgan fingerprint density at radius 2 is 2.30 bits per heavy atom. The number of aromatic nitrogens is 3. The van der Waals surface area contributed by atoms with Crippen molar-refractivity contribution in [1.29, 1.82) is 0 Å². The first kappa shape index (κ1) is 14.5. The summed E-state index contributed by atoms with van der Waals surface area (Å²) in [6.07, 6.45) is 4.08. The minimum atomic E-state index is -0.835. The number of aldehydes is 1. The number of nitrogens with one attached hydrogen (secondary N) is 1. The third-order valence-corrected chi connectivity index (χ3v) is 2.83. The highest BCUT2D eigenvalue weighted by Gasteiger charge is 2.24. The van der Waals surface area contributed by atoms with E-state index in [2.05, 4.69) is 15.6 Å². The zero-order valence-electron chi connectivity index (χ0n) is 12.0. The van der Waals surface area contributed by atoms with Gasteiger partial charge in [0.05, 0.1) is 6.20 Å². The summed E-state index contributed by atoms with van der Waals surface area (Å²) in [7, 11) is 0. The number of hydrogen-bond acceptors (Lipinski definition) is 5. The van der Waals surface area contributed by atoms with Gasteiger partial charge in [-0.15, -0.1) is 5.10 Å². The van der Waals surface area contributed by atoms with Gasteiger partial charge in [0.2, 0.25) is 0 Å². The first-order valence-corrected chi connectivity index (χ1v) is 6.72. The van der Waals surface area contributed by atoms with E-state index in [1.165, 1.54) is 12.8 Å². The molecule has 2 rings (SSSR count). The third kappa shape index (κ3) is 4.32. The second-order valence-corrected chi connectivity index (χ2v) is 6.07. The third-order valence-electron chi connectivity index (χ3n) is 2.83. The van der Waals surface area contributed by atoms with Crippen LogP contribution in [0.1, 0.15) is 45.3 Å². The molecule has 1 aliphatic carbocycles. The number of carbonyl (C=O) groups is 2. The summed E-state index contributed by atoms with van der Waals surface area (Å²) < 4.78 is 6.82. The van der Waals surface area contributed by atoms with Crippen molar-refractivity contribution in [2.45, 2.75) is 51.8 Å². The highest BCUT2D eigenvalue weighted by molar-refractivity contribution is 5.74. The van der Waals surface area contributed by atoms with E-state index in [1.807, 2.05) is 0 Å². The van der Waals surface area contributed by atoms with Crippen molar-refractivity contribution in [3.63, 3.8) is 0 Å². The number of alkyl carbamates (subject to hydrolysis) is 1. The number of carbonyl (C=O) groups excluding carboxylic acids is 2. The molecule has 0 bridgehead atoms. The average molecular weight is 280 g/mol. The van der Waals surface area contributed by atoms with Crippen molar-refractivity contribution in [1.82, 2.24) is 20.3 Å². The summed E-state index contributed by atoms with van der Waals surface area (Å²) in [4.78, 5) is 22.8. The van der Waals surface area contributed by atoms with Crippen molar-refractivity contribution in [2.75, 3.05) is 0 Å². The van der Waals surface area contributed by atoms with Gasteiger partial charge in [0.1, 0.15) is 23.6 Å². The Hall–Kier alpha value is -1.92. The lowest BCUT2D eigenvalue weighted by atomic mass is 10.2. The Morgan fingerprint density at radius 1 is 1.60 bits per heavy atom. The molecule has 0 spiro atoms. The molecule has 1 amide bonds. The van der Waals surface area contributed by atoms with E-state index >= 15 is 0 Å². The predicted octanol–water partition coefficient (Wildman–Crippen LogP) is 1.45. The van der Waals surface area contributed by atoms with Crippen LogP contribution in [0.25, 0.3) is 0 Å². The maximum Gasteiger partial charge on any atom is 0.408 e. The summed E-state index contributed by atoms with van der Waals surface area (Å²) >= 11 is 0. The normalized spacial score (nSPS) is 16.6. The smallest absolute Gasteiger partial charge is 0.408 e. The monoisotopic (exact) mass is 280 g/mol. The van der Waals surface area contributed by atoms with Gasteiger partial charge in [-0.05, 0) is 39.5 Å². The van der Waals surface area contributed by atoms with Crippen molar-refractivity contribution in [3.05, 3.63) is 11.9 Å². The minimum absolute atomic E-state index is 0.423. The molecule has 1 aromatic rings. The van der Waals surface area contributed by atoms with Crippen LogP contribution in [-0.4, -0.2) is 33.0 Å². The highest BCUT2D eigenvalue weighted by atomic mass is 16.6. The van der Waals surface area contributed by atoms with Crippen LogP contribution in [0.2, 0.25) is 0 Å². The molecule has 1 aliphatic rings. The van der Waals surface area contributed by atoms with E-state index in [-0.39, 0.29) is 0 Å². The van der Waals surface area contributed by atoms with Crippen molar-refractivity contribution in [3.8, 4) is 0 Å². The van der Waals surface area contributed by atoms with Crippen molar-refractivity contribution >= 4 is 12.4 Å². The van der Waals surface area contributed by atoms with Gasteiger partial charge in [0, 0.05) is 6.54 Å². The molecule has 1 N–H and O–H groups in total. The summed E-state index contributed by atoms with van der Waals surface area (Å²) in [6, 6.07) is -0.835. The quantitative estimate of drug-likeness (QED) is 0.825. The first-order valence-electron chi connectivity index (χ1n) is 6.72. The molecule has 0 radical (unpaired) electrons. The second kappa shape index (κ2) is 5.60. The van der Waals surface area contributed by atoms with E-state index < -0.39 is 17.7 Å². The fourth-order valence-corrected chi connectivity index (χ4v) is 1.72. The Bertz CT molecular complexity index is 488. The average Bonchev–Trinajstić information content (AvgIpc) is 3.00. The molecule has 110 valence electrons. The fraction of sp³-hybridized carbons (Fsp3) is 0.692. The molecular formula is C13H20N4O3.